The summed E-state index contributed by atoms with van der Waals surface area (Å²) in [6.07, 6.45) is 0. The van der Waals surface area contributed by atoms with Crippen molar-refractivity contribution >= 4 is 27.2 Å². The van der Waals surface area contributed by atoms with Crippen LogP contribution in [0.2, 0.25) is 0 Å². The molecule has 7 nitrogen and oxygen atoms in total. The van der Waals surface area contributed by atoms with Crippen molar-refractivity contribution in [3.8, 4) is 5.75 Å². The first-order valence-electron chi connectivity index (χ1n) is 6.23. The maximum absolute atomic E-state index is 10.8. The molecule has 0 aliphatic carbocycles. The summed E-state index contributed by atoms with van der Waals surface area (Å²) < 4.78 is 37.6. The summed E-state index contributed by atoms with van der Waals surface area (Å²) in [5.41, 5.74) is 8.10. The molecule has 0 saturated heterocycles. The van der Waals surface area contributed by atoms with Crippen molar-refractivity contribution in [1.82, 2.24) is 0 Å². The van der Waals surface area contributed by atoms with E-state index in [1.807, 2.05) is 6.92 Å². The molecule has 0 radical (unpaired) electrons. The number of ether oxygens (including phenoxy) is 1. The minimum absolute atomic E-state index is 0. The minimum Gasteiger partial charge on any atom is -0.744 e. The molecule has 0 aliphatic heterocycles. The molecule has 2 N–H and O–H groups in total. The van der Waals surface area contributed by atoms with Gasteiger partial charge in [0, 0.05) is 6.07 Å². The normalized spacial score (nSPS) is 11.3. The number of nitrogens with two attached hydrogens (primary N) is 1. The number of anilines is 1. The molecule has 9 heteroatoms. The number of azo groups is 1. The van der Waals surface area contributed by atoms with Crippen LogP contribution in [0.5, 0.6) is 5.75 Å². The Morgan fingerprint density at radius 1 is 1.13 bits per heavy atom. The van der Waals surface area contributed by atoms with E-state index in [0.29, 0.717) is 22.8 Å². The van der Waals surface area contributed by atoms with Crippen LogP contribution in [0.25, 0.3) is 0 Å². The summed E-state index contributed by atoms with van der Waals surface area (Å²) in [5.74, 6) is 0.493. The van der Waals surface area contributed by atoms with E-state index in [4.69, 9.17) is 10.5 Å². The molecule has 0 aromatic heterocycles. The zero-order chi connectivity index (χ0) is 16.3. The fourth-order valence-corrected chi connectivity index (χ4v) is 2.24. The number of hydrogen-bond donors (Lipinski definition) is 1. The molecule has 0 heterocycles. The number of nitrogens with zero attached hydrogens (tertiary/aromatic N) is 2. The van der Waals surface area contributed by atoms with Crippen LogP contribution in [-0.2, 0) is 10.1 Å². The molecule has 0 aliphatic rings. The van der Waals surface area contributed by atoms with Crippen molar-refractivity contribution in [2.45, 2.75) is 11.8 Å². The van der Waals surface area contributed by atoms with Crippen LogP contribution < -0.4 is 40.0 Å². The van der Waals surface area contributed by atoms with Gasteiger partial charge in [-0.1, -0.05) is 0 Å². The smallest absolute Gasteiger partial charge is 0.744 e. The molecule has 116 valence electrons. The van der Waals surface area contributed by atoms with Crippen LogP contribution in [0.3, 0.4) is 0 Å². The van der Waals surface area contributed by atoms with Crippen molar-refractivity contribution in [2.24, 2.45) is 10.2 Å². The molecule has 0 saturated carbocycles. The molecule has 2 aromatic carbocycles. The predicted molar refractivity (Wildman–Crippen MR) is 80.7 cm³/mol. The van der Waals surface area contributed by atoms with Gasteiger partial charge in [0.05, 0.1) is 29.1 Å². The third kappa shape index (κ3) is 5.02. The summed E-state index contributed by atoms with van der Waals surface area (Å²) >= 11 is 0. The maximum atomic E-state index is 10.8. The second-order valence-corrected chi connectivity index (χ2v) is 5.91. The van der Waals surface area contributed by atoms with Gasteiger partial charge in [0.2, 0.25) is 0 Å². The van der Waals surface area contributed by atoms with Crippen LogP contribution in [0.4, 0.5) is 17.1 Å². The Bertz CT molecular complexity index is 821. The molecule has 2 rings (SSSR count). The summed E-state index contributed by atoms with van der Waals surface area (Å²) in [6.45, 7) is 1.83. The van der Waals surface area contributed by atoms with Gasteiger partial charge in [0.15, 0.2) is 0 Å². The number of aryl methyl sites for hydroxylation is 1. The van der Waals surface area contributed by atoms with Gasteiger partial charge in [-0.2, -0.15) is 10.2 Å². The van der Waals surface area contributed by atoms with Crippen LogP contribution in [0.15, 0.2) is 51.5 Å². The summed E-state index contributed by atoms with van der Waals surface area (Å²) in [7, 11) is -2.96. The van der Waals surface area contributed by atoms with E-state index in [0.717, 1.165) is 5.56 Å². The summed E-state index contributed by atoms with van der Waals surface area (Å²) in [6, 6.07) is 8.56. The van der Waals surface area contributed by atoms with Gasteiger partial charge >= 0.3 is 29.6 Å². The second kappa shape index (κ2) is 7.89. The molecule has 0 spiro atoms. The van der Waals surface area contributed by atoms with Gasteiger partial charge in [0.25, 0.3) is 0 Å². The van der Waals surface area contributed by atoms with Crippen LogP contribution >= 0.6 is 0 Å². The molecule has 0 amide bonds. The fourth-order valence-electron chi connectivity index (χ4n) is 1.78. The van der Waals surface area contributed by atoms with Crippen LogP contribution in [0, 0.1) is 6.92 Å². The number of nitrogen functional groups attached to an aromatic ring is 1. The van der Waals surface area contributed by atoms with E-state index >= 15 is 0 Å². The molecule has 0 fully saturated rings. The number of hydrogen-bond acceptors (Lipinski definition) is 7. The van der Waals surface area contributed by atoms with E-state index in [2.05, 4.69) is 10.2 Å². The van der Waals surface area contributed by atoms with Crippen molar-refractivity contribution in [2.75, 3.05) is 12.8 Å². The minimum atomic E-state index is -4.46. The summed E-state index contributed by atoms with van der Waals surface area (Å²) in [4.78, 5) is -0.309. The van der Waals surface area contributed by atoms with E-state index in [1.165, 1.54) is 31.4 Å². The maximum Gasteiger partial charge on any atom is 1.00 e. The Kier molecular flexibility index (Phi) is 6.72. The predicted octanol–water partition coefficient (Wildman–Crippen LogP) is -0.0907. The zero-order valence-electron chi connectivity index (χ0n) is 13.0. The average Bonchev–Trinajstić information content (AvgIpc) is 2.46. The van der Waals surface area contributed by atoms with Gasteiger partial charge in [-0.15, -0.1) is 0 Å². The molecule has 23 heavy (non-hydrogen) atoms. The topological polar surface area (TPSA) is 117 Å². The SMILES string of the molecule is COc1cc(N=Nc2ccc(S(=O)(=O)[O-])cc2)c(C)cc1N.[Na+]. The molecule has 0 bridgehead atoms. The van der Waals surface area contributed by atoms with E-state index in [1.54, 1.807) is 12.1 Å². The third-order valence-corrected chi connectivity index (χ3v) is 3.80. The standard InChI is InChI=1S/C14H15N3O4S.Na/c1-9-7-12(15)14(21-2)8-13(9)17-16-10-3-5-11(6-4-10)22(18,19)20;/h3-8H,15H2,1-2H3,(H,18,19,20);/q;+1/p-1. The van der Waals surface area contributed by atoms with Gasteiger partial charge < -0.3 is 15.0 Å². The molecule has 2 aromatic rings. The van der Waals surface area contributed by atoms with Crippen LogP contribution in [0.1, 0.15) is 5.56 Å². The fraction of sp³-hybridized carbons (Fsp3) is 0.143. The Labute approximate surface area is 156 Å². The number of rotatable bonds is 4. The van der Waals surface area contributed by atoms with E-state index in [9.17, 15) is 13.0 Å². The van der Waals surface area contributed by atoms with Gasteiger partial charge in [-0.05, 0) is 42.8 Å². The molecule has 0 unspecified atom stereocenters. The monoisotopic (exact) mass is 343 g/mol. The van der Waals surface area contributed by atoms with E-state index < -0.39 is 10.1 Å². The van der Waals surface area contributed by atoms with Crippen molar-refractivity contribution in [3.63, 3.8) is 0 Å². The molecular formula is C14H14N3NaO4S. The Balaban J connectivity index is 0.00000264. The Morgan fingerprint density at radius 2 is 1.74 bits per heavy atom. The first kappa shape index (κ1) is 19.6. The van der Waals surface area contributed by atoms with Crippen LogP contribution in [-0.4, -0.2) is 20.1 Å². The largest absolute Gasteiger partial charge is 1.00 e. The Morgan fingerprint density at radius 3 is 2.26 bits per heavy atom. The average molecular weight is 343 g/mol. The quantitative estimate of drug-likeness (QED) is 0.360. The van der Waals surface area contributed by atoms with Crippen molar-refractivity contribution in [3.05, 3.63) is 42.0 Å². The Hall–Kier alpha value is -1.45. The van der Waals surface area contributed by atoms with Gasteiger partial charge in [-0.3, -0.25) is 0 Å². The summed E-state index contributed by atoms with van der Waals surface area (Å²) in [5, 5.41) is 8.08. The first-order chi connectivity index (χ1) is 10.3. The molecular weight excluding hydrogens is 329 g/mol. The third-order valence-electron chi connectivity index (χ3n) is 2.95. The van der Waals surface area contributed by atoms with Crippen molar-refractivity contribution in [1.29, 1.82) is 0 Å². The first-order valence-corrected chi connectivity index (χ1v) is 7.64. The van der Waals surface area contributed by atoms with Gasteiger partial charge in [0.1, 0.15) is 15.9 Å². The second-order valence-electron chi connectivity index (χ2n) is 4.53. The number of methoxy groups -OCH3 is 1. The zero-order valence-corrected chi connectivity index (χ0v) is 15.8. The van der Waals surface area contributed by atoms with Crippen molar-refractivity contribution < 1.29 is 47.3 Å². The molecule has 0 atom stereocenters. The van der Waals surface area contributed by atoms with Gasteiger partial charge in [-0.25, -0.2) is 8.42 Å². The number of benzene rings is 2. The van der Waals surface area contributed by atoms with E-state index in [-0.39, 0.29) is 34.5 Å².